The number of likely N-dealkylation sites (tertiary alicyclic amines) is 1. The normalized spacial score (nSPS) is 32.1. The summed E-state index contributed by atoms with van der Waals surface area (Å²) in [5.41, 5.74) is 1.09. The number of hydrogen-bond acceptors (Lipinski definition) is 3. The fraction of sp³-hybridized carbons (Fsp3) is 0.320. The van der Waals surface area contributed by atoms with Gasteiger partial charge < -0.3 is 0 Å². The van der Waals surface area contributed by atoms with Crippen molar-refractivity contribution in [3.05, 3.63) is 77.3 Å². The number of nitrogens with zero attached hydrogens (tertiary/aromatic N) is 2. The SMILES string of the molecule is O=C1[C@@H]2[C@@H]3C=C[C@H]([C@@H]4C[C@H]34)[C@@H]2C(=O)N1CN(C(=O)c1ccccc1)c1ccc(Cl)cc1. The Morgan fingerprint density at radius 1 is 0.903 bits per heavy atom. The smallest absolute Gasteiger partial charge is 0.259 e. The second-order valence-electron chi connectivity index (χ2n) is 8.98. The zero-order valence-corrected chi connectivity index (χ0v) is 17.5. The van der Waals surface area contributed by atoms with Crippen LogP contribution in [0.2, 0.25) is 5.02 Å². The van der Waals surface area contributed by atoms with E-state index in [0.29, 0.717) is 28.1 Å². The van der Waals surface area contributed by atoms with Crippen LogP contribution in [0.1, 0.15) is 16.8 Å². The minimum Gasteiger partial charge on any atom is -0.290 e. The maximum Gasteiger partial charge on any atom is 0.259 e. The monoisotopic (exact) mass is 432 g/mol. The number of rotatable bonds is 4. The fourth-order valence-corrected chi connectivity index (χ4v) is 6.05. The molecule has 2 aromatic carbocycles. The molecule has 0 spiro atoms. The molecule has 0 aromatic heterocycles. The van der Waals surface area contributed by atoms with Crippen molar-refractivity contribution >= 4 is 35.0 Å². The molecule has 7 rings (SSSR count). The van der Waals surface area contributed by atoms with Crippen LogP contribution >= 0.6 is 11.6 Å². The minimum absolute atomic E-state index is 0.0885. The van der Waals surface area contributed by atoms with Crippen molar-refractivity contribution in [2.24, 2.45) is 35.5 Å². The Morgan fingerprint density at radius 3 is 2.06 bits per heavy atom. The van der Waals surface area contributed by atoms with Gasteiger partial charge in [-0.3, -0.25) is 24.2 Å². The van der Waals surface area contributed by atoms with Gasteiger partial charge >= 0.3 is 0 Å². The molecule has 0 unspecified atom stereocenters. The van der Waals surface area contributed by atoms with Crippen molar-refractivity contribution in [1.82, 2.24) is 4.90 Å². The molecular formula is C25H21ClN2O3. The maximum absolute atomic E-state index is 13.4. The minimum atomic E-state index is -0.273. The third-order valence-corrected chi connectivity index (χ3v) is 7.69. The van der Waals surface area contributed by atoms with Gasteiger partial charge in [0, 0.05) is 16.3 Å². The average molecular weight is 433 g/mol. The Hall–Kier alpha value is -2.92. The first kappa shape index (κ1) is 18.8. The zero-order chi connectivity index (χ0) is 21.3. The highest BCUT2D eigenvalue weighted by atomic mass is 35.5. The third-order valence-electron chi connectivity index (χ3n) is 7.44. The van der Waals surface area contributed by atoms with Crippen LogP contribution < -0.4 is 4.90 Å². The van der Waals surface area contributed by atoms with Crippen LogP contribution in [0.25, 0.3) is 0 Å². The number of carbonyl (C=O) groups excluding carboxylic acids is 3. The lowest BCUT2D eigenvalue weighted by Crippen LogP contribution is -2.45. The topological polar surface area (TPSA) is 57.7 Å². The van der Waals surface area contributed by atoms with Gasteiger partial charge in [-0.25, -0.2) is 0 Å². The van der Waals surface area contributed by atoms with E-state index in [1.807, 2.05) is 6.07 Å². The predicted octanol–water partition coefficient (Wildman–Crippen LogP) is 4.00. The van der Waals surface area contributed by atoms with E-state index in [1.165, 1.54) is 9.80 Å². The number of halogens is 1. The molecule has 1 saturated heterocycles. The van der Waals surface area contributed by atoms with Gasteiger partial charge in [-0.15, -0.1) is 0 Å². The van der Waals surface area contributed by atoms with Crippen LogP contribution in [0.15, 0.2) is 66.7 Å². The largest absolute Gasteiger partial charge is 0.290 e. The highest BCUT2D eigenvalue weighted by Crippen LogP contribution is 2.65. The molecule has 2 bridgehead atoms. The van der Waals surface area contributed by atoms with E-state index in [9.17, 15) is 14.4 Å². The van der Waals surface area contributed by atoms with Gasteiger partial charge in [-0.2, -0.15) is 0 Å². The Bertz CT molecular complexity index is 1080. The summed E-state index contributed by atoms with van der Waals surface area (Å²) in [4.78, 5) is 43.0. The van der Waals surface area contributed by atoms with Crippen molar-refractivity contribution in [2.45, 2.75) is 6.42 Å². The van der Waals surface area contributed by atoms with E-state index in [-0.39, 0.29) is 48.1 Å². The van der Waals surface area contributed by atoms with Gasteiger partial charge in [0.25, 0.3) is 5.91 Å². The van der Waals surface area contributed by atoms with Gasteiger partial charge in [-0.1, -0.05) is 42.0 Å². The molecule has 31 heavy (non-hydrogen) atoms. The second-order valence-corrected chi connectivity index (χ2v) is 9.41. The van der Waals surface area contributed by atoms with Crippen molar-refractivity contribution in [3.8, 4) is 0 Å². The Labute approximate surface area is 185 Å². The number of anilines is 1. The molecule has 0 N–H and O–H groups in total. The van der Waals surface area contributed by atoms with E-state index in [4.69, 9.17) is 11.6 Å². The molecule has 5 aliphatic rings. The van der Waals surface area contributed by atoms with Gasteiger partial charge in [0.2, 0.25) is 11.8 Å². The lowest BCUT2D eigenvalue weighted by atomic mass is 9.63. The van der Waals surface area contributed by atoms with Gasteiger partial charge in [0.15, 0.2) is 0 Å². The van der Waals surface area contributed by atoms with E-state index >= 15 is 0 Å². The van der Waals surface area contributed by atoms with E-state index < -0.39 is 0 Å². The van der Waals surface area contributed by atoms with Crippen LogP contribution in [-0.2, 0) is 9.59 Å². The molecule has 3 amide bonds. The predicted molar refractivity (Wildman–Crippen MR) is 116 cm³/mol. The highest BCUT2D eigenvalue weighted by molar-refractivity contribution is 6.30. The molecule has 2 saturated carbocycles. The Morgan fingerprint density at radius 2 is 1.48 bits per heavy atom. The molecule has 3 fully saturated rings. The van der Waals surface area contributed by atoms with Crippen LogP contribution in [-0.4, -0.2) is 29.3 Å². The molecule has 4 aliphatic carbocycles. The summed E-state index contributed by atoms with van der Waals surface area (Å²) in [6, 6.07) is 15.8. The van der Waals surface area contributed by atoms with Crippen LogP contribution in [0.3, 0.4) is 0 Å². The summed E-state index contributed by atoms with van der Waals surface area (Å²) in [5.74, 6) is 0.333. The van der Waals surface area contributed by atoms with Crippen LogP contribution in [0.4, 0.5) is 5.69 Å². The quantitative estimate of drug-likeness (QED) is 0.542. The Balaban J connectivity index is 1.34. The molecule has 1 aliphatic heterocycles. The third kappa shape index (κ3) is 2.79. The van der Waals surface area contributed by atoms with Crippen molar-refractivity contribution < 1.29 is 14.4 Å². The molecule has 1 heterocycles. The van der Waals surface area contributed by atoms with Gasteiger partial charge in [-0.05, 0) is 66.5 Å². The summed E-state index contributed by atoms with van der Waals surface area (Å²) >= 11 is 6.04. The van der Waals surface area contributed by atoms with E-state index in [0.717, 1.165) is 6.42 Å². The molecule has 2 aromatic rings. The standard InChI is InChI=1S/C25H21ClN2O3/c26-15-6-8-16(9-7-15)27(23(29)14-4-2-1-3-5-14)13-28-24(30)21-17-10-11-18(20-12-19(17)20)22(21)25(28)31/h1-11,17-22H,12-13H2/t17-,18-,19-,20+,21-,22+/m1/s1. The van der Waals surface area contributed by atoms with Gasteiger partial charge in [0.1, 0.15) is 6.67 Å². The summed E-state index contributed by atoms with van der Waals surface area (Å²) in [5, 5.41) is 0.553. The number of benzene rings is 2. The van der Waals surface area contributed by atoms with E-state index in [1.54, 1.807) is 48.5 Å². The molecule has 6 atom stereocenters. The first-order chi connectivity index (χ1) is 15.0. The molecule has 0 radical (unpaired) electrons. The lowest BCUT2D eigenvalue weighted by Gasteiger charge is -2.37. The summed E-state index contributed by atoms with van der Waals surface area (Å²) < 4.78 is 0. The first-order valence-corrected chi connectivity index (χ1v) is 11.1. The Kier molecular flexibility index (Phi) is 4.12. The zero-order valence-electron chi connectivity index (χ0n) is 16.7. The first-order valence-electron chi connectivity index (χ1n) is 10.7. The summed E-state index contributed by atoms with van der Waals surface area (Å²) in [7, 11) is 0. The molecule has 156 valence electrons. The number of carbonyl (C=O) groups is 3. The summed E-state index contributed by atoms with van der Waals surface area (Å²) in [6.07, 6.45) is 5.43. The second kappa shape index (κ2) is 6.79. The average Bonchev–Trinajstić information content (AvgIpc) is 3.58. The molecular weight excluding hydrogens is 412 g/mol. The number of allylic oxidation sites excluding steroid dienone is 2. The summed E-state index contributed by atoms with van der Waals surface area (Å²) in [6.45, 7) is -0.0885. The van der Waals surface area contributed by atoms with Crippen molar-refractivity contribution in [1.29, 1.82) is 0 Å². The van der Waals surface area contributed by atoms with Crippen LogP contribution in [0, 0.1) is 35.5 Å². The maximum atomic E-state index is 13.4. The number of hydrogen-bond donors (Lipinski definition) is 0. The number of imide groups is 1. The van der Waals surface area contributed by atoms with Crippen LogP contribution in [0.5, 0.6) is 0 Å². The molecule has 5 nitrogen and oxygen atoms in total. The highest BCUT2D eigenvalue weighted by Gasteiger charge is 2.67. The van der Waals surface area contributed by atoms with Gasteiger partial charge in [0.05, 0.1) is 11.8 Å². The van der Waals surface area contributed by atoms with E-state index in [2.05, 4.69) is 12.2 Å². The lowest BCUT2D eigenvalue weighted by molar-refractivity contribution is -0.140. The van der Waals surface area contributed by atoms with Crippen molar-refractivity contribution in [3.63, 3.8) is 0 Å². The molecule has 6 heteroatoms. The number of amides is 3. The fourth-order valence-electron chi connectivity index (χ4n) is 5.92. The van der Waals surface area contributed by atoms with Crippen molar-refractivity contribution in [2.75, 3.05) is 11.6 Å².